The van der Waals surface area contributed by atoms with Gasteiger partial charge in [-0.15, -0.1) is 11.8 Å². The van der Waals surface area contributed by atoms with E-state index in [1.165, 1.54) is 0 Å². The summed E-state index contributed by atoms with van der Waals surface area (Å²) in [4.78, 5) is 1.08. The number of rotatable bonds is 6. The Bertz CT molecular complexity index is 366. The number of thioether (sulfide) groups is 1. The highest BCUT2D eigenvalue weighted by atomic mass is 32.2. The highest BCUT2D eigenvalue weighted by Gasteiger charge is 2.05. The van der Waals surface area contributed by atoms with E-state index in [0.717, 1.165) is 34.8 Å². The fourth-order valence-corrected chi connectivity index (χ4v) is 2.34. The third-order valence-corrected chi connectivity index (χ3v) is 3.34. The van der Waals surface area contributed by atoms with Crippen LogP contribution in [0.4, 0.5) is 0 Å². The van der Waals surface area contributed by atoms with E-state index in [2.05, 4.69) is 0 Å². The van der Waals surface area contributed by atoms with E-state index in [4.69, 9.17) is 15.9 Å². The SMILES string of the molecule is COCCCSc1ccc(C)cc1C(=N)N. The summed E-state index contributed by atoms with van der Waals surface area (Å²) in [6, 6.07) is 6.04. The van der Waals surface area contributed by atoms with Crippen LogP contribution in [-0.4, -0.2) is 25.3 Å². The number of nitrogens with two attached hydrogens (primary N) is 1. The quantitative estimate of drug-likeness (QED) is 0.346. The third kappa shape index (κ3) is 3.87. The zero-order chi connectivity index (χ0) is 12.0. The Labute approximate surface area is 101 Å². The molecule has 4 heteroatoms. The third-order valence-electron chi connectivity index (χ3n) is 2.18. The molecule has 0 radical (unpaired) electrons. The van der Waals surface area contributed by atoms with Crippen molar-refractivity contribution in [1.82, 2.24) is 0 Å². The van der Waals surface area contributed by atoms with Crippen LogP contribution in [0.25, 0.3) is 0 Å². The van der Waals surface area contributed by atoms with Crippen LogP contribution in [0.3, 0.4) is 0 Å². The summed E-state index contributed by atoms with van der Waals surface area (Å²) >= 11 is 1.72. The predicted octanol–water partition coefficient (Wildman–Crippen LogP) is 2.41. The van der Waals surface area contributed by atoms with Crippen LogP contribution in [0.5, 0.6) is 0 Å². The van der Waals surface area contributed by atoms with Crippen molar-refractivity contribution in [2.75, 3.05) is 19.5 Å². The Kier molecular flexibility index (Phi) is 5.35. The van der Waals surface area contributed by atoms with Gasteiger partial charge < -0.3 is 10.5 Å². The van der Waals surface area contributed by atoms with Gasteiger partial charge >= 0.3 is 0 Å². The second-order valence-electron chi connectivity index (χ2n) is 3.61. The summed E-state index contributed by atoms with van der Waals surface area (Å²) < 4.78 is 5.00. The lowest BCUT2D eigenvalue weighted by Gasteiger charge is -2.08. The van der Waals surface area contributed by atoms with Crippen molar-refractivity contribution in [2.45, 2.75) is 18.2 Å². The Hall–Kier alpha value is -1.00. The molecule has 0 bridgehead atoms. The average Bonchev–Trinajstić information content (AvgIpc) is 2.26. The lowest BCUT2D eigenvalue weighted by Crippen LogP contribution is -2.12. The highest BCUT2D eigenvalue weighted by Crippen LogP contribution is 2.24. The normalized spacial score (nSPS) is 10.4. The van der Waals surface area contributed by atoms with Crippen molar-refractivity contribution in [1.29, 1.82) is 5.41 Å². The fourth-order valence-electron chi connectivity index (χ4n) is 1.37. The summed E-state index contributed by atoms with van der Waals surface area (Å²) in [5.41, 5.74) is 7.53. The van der Waals surface area contributed by atoms with Crippen molar-refractivity contribution in [3.63, 3.8) is 0 Å². The molecule has 0 amide bonds. The first kappa shape index (κ1) is 13.1. The Balaban J connectivity index is 2.67. The molecular weight excluding hydrogens is 220 g/mol. The van der Waals surface area contributed by atoms with Crippen molar-refractivity contribution in [3.05, 3.63) is 29.3 Å². The van der Waals surface area contributed by atoms with E-state index in [1.54, 1.807) is 18.9 Å². The second-order valence-corrected chi connectivity index (χ2v) is 4.74. The van der Waals surface area contributed by atoms with Crippen LogP contribution in [0.1, 0.15) is 17.5 Å². The molecule has 0 heterocycles. The fraction of sp³-hybridized carbons (Fsp3) is 0.417. The number of nitrogen functional groups attached to an aromatic ring is 1. The van der Waals surface area contributed by atoms with Gasteiger partial charge in [-0.1, -0.05) is 11.6 Å². The topological polar surface area (TPSA) is 59.1 Å². The van der Waals surface area contributed by atoms with Crippen LogP contribution >= 0.6 is 11.8 Å². The average molecular weight is 238 g/mol. The molecule has 0 aliphatic carbocycles. The van der Waals surface area contributed by atoms with Gasteiger partial charge in [0.25, 0.3) is 0 Å². The van der Waals surface area contributed by atoms with Gasteiger partial charge in [-0.2, -0.15) is 0 Å². The monoisotopic (exact) mass is 238 g/mol. The van der Waals surface area contributed by atoms with Crippen LogP contribution < -0.4 is 5.73 Å². The molecule has 0 unspecified atom stereocenters. The van der Waals surface area contributed by atoms with E-state index in [-0.39, 0.29) is 5.84 Å². The molecule has 0 saturated heterocycles. The lowest BCUT2D eigenvalue weighted by atomic mass is 10.1. The highest BCUT2D eigenvalue weighted by molar-refractivity contribution is 7.99. The maximum Gasteiger partial charge on any atom is 0.123 e. The number of amidine groups is 1. The largest absolute Gasteiger partial charge is 0.385 e. The minimum Gasteiger partial charge on any atom is -0.385 e. The van der Waals surface area contributed by atoms with E-state index in [9.17, 15) is 0 Å². The van der Waals surface area contributed by atoms with E-state index >= 15 is 0 Å². The van der Waals surface area contributed by atoms with Gasteiger partial charge in [-0.3, -0.25) is 5.41 Å². The van der Waals surface area contributed by atoms with Gasteiger partial charge in [-0.05, 0) is 25.5 Å². The van der Waals surface area contributed by atoms with Crippen LogP contribution in [0, 0.1) is 12.3 Å². The van der Waals surface area contributed by atoms with Gasteiger partial charge in [0.15, 0.2) is 0 Å². The van der Waals surface area contributed by atoms with E-state index in [1.807, 2.05) is 25.1 Å². The van der Waals surface area contributed by atoms with Crippen molar-refractivity contribution < 1.29 is 4.74 Å². The molecule has 16 heavy (non-hydrogen) atoms. The summed E-state index contributed by atoms with van der Waals surface area (Å²) in [6.07, 6.45) is 1.01. The van der Waals surface area contributed by atoms with Gasteiger partial charge in [-0.25, -0.2) is 0 Å². The molecule has 1 aromatic carbocycles. The molecule has 0 aliphatic heterocycles. The number of aryl methyl sites for hydroxylation is 1. The van der Waals surface area contributed by atoms with Crippen LogP contribution in [0.15, 0.2) is 23.1 Å². The lowest BCUT2D eigenvalue weighted by molar-refractivity contribution is 0.200. The first-order valence-electron chi connectivity index (χ1n) is 5.22. The molecule has 1 aromatic rings. The van der Waals surface area contributed by atoms with Crippen LogP contribution in [-0.2, 0) is 4.74 Å². The molecule has 1 rings (SSSR count). The standard InChI is InChI=1S/C12H18N2OS/c1-9-4-5-11(10(8-9)12(13)14)16-7-3-6-15-2/h4-5,8H,3,6-7H2,1-2H3,(H3,13,14). The zero-order valence-electron chi connectivity index (χ0n) is 9.75. The number of nitrogens with one attached hydrogen (secondary N) is 1. The minimum atomic E-state index is 0.137. The van der Waals surface area contributed by atoms with Crippen LogP contribution in [0.2, 0.25) is 0 Å². The summed E-state index contributed by atoms with van der Waals surface area (Å²) in [7, 11) is 1.71. The molecule has 0 fully saturated rings. The molecule has 0 spiro atoms. The molecule has 0 aliphatic rings. The molecule has 0 aromatic heterocycles. The summed E-state index contributed by atoms with van der Waals surface area (Å²) in [6.45, 7) is 2.78. The Morgan fingerprint density at radius 1 is 1.50 bits per heavy atom. The number of ether oxygens (including phenoxy) is 1. The first-order chi connectivity index (χ1) is 7.65. The molecule has 3 N–H and O–H groups in total. The molecule has 3 nitrogen and oxygen atoms in total. The summed E-state index contributed by atoms with van der Waals surface area (Å²) in [5, 5.41) is 7.53. The molecule has 0 saturated carbocycles. The van der Waals surface area contributed by atoms with E-state index < -0.39 is 0 Å². The minimum absolute atomic E-state index is 0.137. The molecule has 0 atom stereocenters. The maximum atomic E-state index is 7.53. The van der Waals surface area contributed by atoms with Gasteiger partial charge in [0, 0.05) is 29.9 Å². The Morgan fingerprint density at radius 2 is 2.25 bits per heavy atom. The maximum absolute atomic E-state index is 7.53. The van der Waals surface area contributed by atoms with Gasteiger partial charge in [0.2, 0.25) is 0 Å². The van der Waals surface area contributed by atoms with Crippen molar-refractivity contribution >= 4 is 17.6 Å². The van der Waals surface area contributed by atoms with E-state index in [0.29, 0.717) is 0 Å². The van der Waals surface area contributed by atoms with Gasteiger partial charge in [0.1, 0.15) is 5.84 Å². The molecular formula is C12H18N2OS. The number of hydrogen-bond donors (Lipinski definition) is 2. The van der Waals surface area contributed by atoms with Crippen molar-refractivity contribution in [3.8, 4) is 0 Å². The zero-order valence-corrected chi connectivity index (χ0v) is 10.6. The number of methoxy groups -OCH3 is 1. The first-order valence-corrected chi connectivity index (χ1v) is 6.20. The van der Waals surface area contributed by atoms with Gasteiger partial charge in [0.05, 0.1) is 0 Å². The Morgan fingerprint density at radius 3 is 2.88 bits per heavy atom. The second kappa shape index (κ2) is 6.55. The van der Waals surface area contributed by atoms with Crippen molar-refractivity contribution in [2.24, 2.45) is 5.73 Å². The molecule has 88 valence electrons. The summed E-state index contributed by atoms with van der Waals surface area (Å²) in [5.74, 6) is 1.12. The number of hydrogen-bond acceptors (Lipinski definition) is 3. The predicted molar refractivity (Wildman–Crippen MR) is 69.4 cm³/mol. The number of benzene rings is 1. The smallest absolute Gasteiger partial charge is 0.123 e.